The summed E-state index contributed by atoms with van der Waals surface area (Å²) in [7, 11) is 0. The average molecular weight is 392 g/mol. The number of hydrogen-bond donors (Lipinski definition) is 2. The number of piperidine rings is 1. The SMILES string of the molecule is CC(C)(C)OC(=O)N1CCC2(CC1)CC(n1ccc(C(=O)O)c(CO)c1=O)C2. The molecule has 1 aromatic rings. The molecule has 0 aromatic carbocycles. The van der Waals surface area contributed by atoms with E-state index in [2.05, 4.69) is 0 Å². The highest BCUT2D eigenvalue weighted by atomic mass is 16.6. The molecule has 8 nitrogen and oxygen atoms in total. The highest BCUT2D eigenvalue weighted by Gasteiger charge is 2.47. The van der Waals surface area contributed by atoms with Crippen LogP contribution in [0.3, 0.4) is 0 Å². The third kappa shape index (κ3) is 3.92. The van der Waals surface area contributed by atoms with Crippen molar-refractivity contribution in [2.75, 3.05) is 13.1 Å². The number of amides is 1. The van der Waals surface area contributed by atoms with E-state index in [1.54, 1.807) is 9.47 Å². The van der Waals surface area contributed by atoms with Crippen LogP contribution in [0, 0.1) is 5.41 Å². The fourth-order valence-electron chi connectivity index (χ4n) is 4.27. The second kappa shape index (κ2) is 7.24. The Balaban J connectivity index is 1.63. The molecule has 3 rings (SSSR count). The van der Waals surface area contributed by atoms with Crippen molar-refractivity contribution in [1.29, 1.82) is 0 Å². The molecule has 2 N–H and O–H groups in total. The summed E-state index contributed by atoms with van der Waals surface area (Å²) in [5.41, 5.74) is -1.07. The first-order chi connectivity index (χ1) is 13.1. The summed E-state index contributed by atoms with van der Waals surface area (Å²) in [6.45, 7) is 6.22. The normalized spacial score (nSPS) is 19.4. The Morgan fingerprint density at radius 1 is 1.25 bits per heavy atom. The van der Waals surface area contributed by atoms with Gasteiger partial charge in [0.1, 0.15) is 5.60 Å². The Morgan fingerprint density at radius 3 is 2.36 bits per heavy atom. The maximum absolute atomic E-state index is 12.6. The number of carboxylic acid groups (broad SMARTS) is 1. The summed E-state index contributed by atoms with van der Waals surface area (Å²) in [4.78, 5) is 37.7. The molecule has 1 aliphatic heterocycles. The van der Waals surface area contributed by atoms with Gasteiger partial charge in [-0.3, -0.25) is 4.79 Å². The number of aliphatic hydroxyl groups excluding tert-OH is 1. The minimum Gasteiger partial charge on any atom is -0.478 e. The highest BCUT2D eigenvalue weighted by molar-refractivity contribution is 5.89. The molecule has 1 saturated heterocycles. The number of carbonyl (C=O) groups excluding carboxylic acids is 1. The molecule has 1 spiro atoms. The van der Waals surface area contributed by atoms with Gasteiger partial charge in [-0.15, -0.1) is 0 Å². The first-order valence-electron chi connectivity index (χ1n) is 9.61. The highest BCUT2D eigenvalue weighted by Crippen LogP contribution is 2.54. The van der Waals surface area contributed by atoms with E-state index in [0.717, 1.165) is 25.7 Å². The van der Waals surface area contributed by atoms with Gasteiger partial charge >= 0.3 is 12.1 Å². The van der Waals surface area contributed by atoms with Crippen LogP contribution in [-0.2, 0) is 11.3 Å². The van der Waals surface area contributed by atoms with E-state index < -0.39 is 23.7 Å². The summed E-state index contributed by atoms with van der Waals surface area (Å²) in [6.07, 6.45) is 4.57. The monoisotopic (exact) mass is 392 g/mol. The first-order valence-corrected chi connectivity index (χ1v) is 9.61. The maximum atomic E-state index is 12.6. The smallest absolute Gasteiger partial charge is 0.410 e. The number of hydrogen-bond acceptors (Lipinski definition) is 5. The minimum atomic E-state index is -1.21. The van der Waals surface area contributed by atoms with Gasteiger partial charge in [0, 0.05) is 25.3 Å². The van der Waals surface area contributed by atoms with Gasteiger partial charge < -0.3 is 24.4 Å². The minimum absolute atomic E-state index is 0.00581. The van der Waals surface area contributed by atoms with Crippen LogP contribution in [-0.4, -0.2) is 50.4 Å². The van der Waals surface area contributed by atoms with Gasteiger partial charge in [-0.05, 0) is 57.9 Å². The molecule has 2 heterocycles. The molecule has 8 heteroatoms. The van der Waals surface area contributed by atoms with Gasteiger partial charge in [0.25, 0.3) is 5.56 Å². The van der Waals surface area contributed by atoms with Crippen molar-refractivity contribution in [2.24, 2.45) is 5.41 Å². The largest absolute Gasteiger partial charge is 0.478 e. The zero-order chi connectivity index (χ0) is 20.7. The molecule has 0 unspecified atom stereocenters. The Morgan fingerprint density at radius 2 is 1.86 bits per heavy atom. The molecule has 1 aliphatic carbocycles. The van der Waals surface area contributed by atoms with Crippen LogP contribution in [0.15, 0.2) is 17.1 Å². The number of carboxylic acids is 1. The average Bonchev–Trinajstić information content (AvgIpc) is 2.58. The molecule has 154 valence electrons. The second-order valence-corrected chi connectivity index (χ2v) is 8.91. The summed E-state index contributed by atoms with van der Waals surface area (Å²) >= 11 is 0. The molecule has 1 saturated carbocycles. The Hall–Kier alpha value is -2.35. The topological polar surface area (TPSA) is 109 Å². The number of likely N-dealkylation sites (tertiary alicyclic amines) is 1. The lowest BCUT2D eigenvalue weighted by atomic mass is 9.60. The first kappa shape index (κ1) is 20.4. The number of pyridine rings is 1. The number of aromatic nitrogens is 1. The van der Waals surface area contributed by atoms with Crippen LogP contribution >= 0.6 is 0 Å². The third-order valence-corrected chi connectivity index (χ3v) is 5.81. The quantitative estimate of drug-likeness (QED) is 0.817. The molecule has 28 heavy (non-hydrogen) atoms. The van der Waals surface area contributed by atoms with Crippen LogP contribution in [0.2, 0.25) is 0 Å². The molecule has 0 atom stereocenters. The molecule has 0 radical (unpaired) electrons. The molecule has 0 bridgehead atoms. The summed E-state index contributed by atoms with van der Waals surface area (Å²) < 4.78 is 6.97. The second-order valence-electron chi connectivity index (χ2n) is 8.91. The van der Waals surface area contributed by atoms with Gasteiger partial charge in [-0.2, -0.15) is 0 Å². The van der Waals surface area contributed by atoms with E-state index in [-0.39, 0.29) is 28.7 Å². The van der Waals surface area contributed by atoms with Crippen molar-refractivity contribution in [2.45, 2.75) is 64.7 Å². The molecule has 2 aliphatic rings. The summed E-state index contributed by atoms with van der Waals surface area (Å²) in [6, 6.07) is 1.37. The Labute approximate surface area is 163 Å². The van der Waals surface area contributed by atoms with Crippen molar-refractivity contribution in [1.82, 2.24) is 9.47 Å². The van der Waals surface area contributed by atoms with Crippen molar-refractivity contribution < 1.29 is 24.5 Å². The van der Waals surface area contributed by atoms with Gasteiger partial charge in [-0.25, -0.2) is 9.59 Å². The number of rotatable bonds is 3. The van der Waals surface area contributed by atoms with E-state index >= 15 is 0 Å². The summed E-state index contributed by atoms with van der Waals surface area (Å²) in [5, 5.41) is 18.6. The number of ether oxygens (including phenoxy) is 1. The maximum Gasteiger partial charge on any atom is 0.410 e. The molecule has 1 aromatic heterocycles. The zero-order valence-electron chi connectivity index (χ0n) is 16.6. The number of aromatic carboxylic acids is 1. The van der Waals surface area contributed by atoms with E-state index in [1.165, 1.54) is 12.3 Å². The fraction of sp³-hybridized carbons (Fsp3) is 0.650. The van der Waals surface area contributed by atoms with Crippen LogP contribution in [0.4, 0.5) is 4.79 Å². The standard InChI is InChI=1S/C20H28N2O6/c1-19(2,3)28-18(27)21-8-5-20(6-9-21)10-13(11-20)22-7-4-14(17(25)26)15(12-23)16(22)24/h4,7,13,23H,5-6,8-12H2,1-3H3,(H,25,26). The summed E-state index contributed by atoms with van der Waals surface area (Å²) in [5.74, 6) is -1.21. The van der Waals surface area contributed by atoms with Gasteiger partial charge in [0.05, 0.1) is 17.7 Å². The fourth-order valence-corrected chi connectivity index (χ4v) is 4.27. The predicted molar refractivity (Wildman–Crippen MR) is 101 cm³/mol. The van der Waals surface area contributed by atoms with Crippen molar-refractivity contribution in [3.63, 3.8) is 0 Å². The van der Waals surface area contributed by atoms with Crippen LogP contribution in [0.25, 0.3) is 0 Å². The van der Waals surface area contributed by atoms with Crippen molar-refractivity contribution in [3.05, 3.63) is 33.7 Å². The van der Waals surface area contributed by atoms with Crippen molar-refractivity contribution >= 4 is 12.1 Å². The van der Waals surface area contributed by atoms with Crippen molar-refractivity contribution in [3.8, 4) is 0 Å². The van der Waals surface area contributed by atoms with E-state index in [9.17, 15) is 19.5 Å². The Bertz CT molecular complexity index is 822. The lowest BCUT2D eigenvalue weighted by molar-refractivity contribution is -0.0242. The van der Waals surface area contributed by atoms with E-state index in [4.69, 9.17) is 9.84 Å². The molecular formula is C20H28N2O6. The van der Waals surface area contributed by atoms with Crippen LogP contribution < -0.4 is 5.56 Å². The lowest BCUT2D eigenvalue weighted by Gasteiger charge is -2.52. The number of nitrogens with zero attached hydrogens (tertiary/aromatic N) is 2. The van der Waals surface area contributed by atoms with Gasteiger partial charge in [0.15, 0.2) is 0 Å². The predicted octanol–water partition coefficient (Wildman–Crippen LogP) is 2.39. The number of carbonyl (C=O) groups is 2. The Kier molecular flexibility index (Phi) is 5.27. The third-order valence-electron chi connectivity index (χ3n) is 5.81. The van der Waals surface area contributed by atoms with Gasteiger partial charge in [-0.1, -0.05) is 0 Å². The lowest BCUT2D eigenvalue weighted by Crippen LogP contribution is -2.51. The van der Waals surface area contributed by atoms with Crippen LogP contribution in [0.5, 0.6) is 0 Å². The van der Waals surface area contributed by atoms with Gasteiger partial charge in [0.2, 0.25) is 0 Å². The molecule has 1 amide bonds. The molecular weight excluding hydrogens is 364 g/mol. The zero-order valence-corrected chi connectivity index (χ0v) is 16.6. The van der Waals surface area contributed by atoms with E-state index in [1.807, 2.05) is 20.8 Å². The number of aliphatic hydroxyl groups is 1. The van der Waals surface area contributed by atoms with Crippen LogP contribution in [0.1, 0.15) is 68.4 Å². The molecule has 2 fully saturated rings. The van der Waals surface area contributed by atoms with E-state index in [0.29, 0.717) is 13.1 Å².